The zero-order chi connectivity index (χ0) is 18.8. The van der Waals surface area contributed by atoms with E-state index in [4.69, 9.17) is 9.47 Å². The third-order valence-electron chi connectivity index (χ3n) is 6.04. The van der Waals surface area contributed by atoms with E-state index in [9.17, 15) is 4.79 Å². The van der Waals surface area contributed by atoms with Crippen molar-refractivity contribution < 1.29 is 14.3 Å². The van der Waals surface area contributed by atoms with Crippen molar-refractivity contribution in [1.29, 1.82) is 0 Å². The number of carbonyl (C=O) groups excluding carboxylic acids is 1. The molecule has 2 aromatic carbocycles. The standard InChI is InChI=1S/C23H27NO3/c1-26-21-13-18-11-12-24(23(25)17-9-6-10-17)15-20(16-7-4-3-5-8-16)19(18)14-22(21)27-2/h3-5,7-8,13-14,17,20H,6,9-12,15H2,1-2H3. The zero-order valence-electron chi connectivity index (χ0n) is 16.1. The van der Waals surface area contributed by atoms with Gasteiger partial charge in [-0.1, -0.05) is 36.8 Å². The first kappa shape index (κ1) is 17.9. The van der Waals surface area contributed by atoms with Crippen LogP contribution < -0.4 is 9.47 Å². The minimum atomic E-state index is 0.146. The molecular formula is C23H27NO3. The summed E-state index contributed by atoms with van der Waals surface area (Å²) in [6, 6.07) is 14.7. The third kappa shape index (κ3) is 3.41. The fourth-order valence-corrected chi connectivity index (χ4v) is 4.23. The van der Waals surface area contributed by atoms with E-state index >= 15 is 0 Å². The van der Waals surface area contributed by atoms with Crippen LogP contribution in [0.4, 0.5) is 0 Å². The smallest absolute Gasteiger partial charge is 0.225 e. The Bertz CT molecular complexity index is 814. The van der Waals surface area contributed by atoms with E-state index in [2.05, 4.69) is 41.3 Å². The molecule has 4 rings (SSSR count). The van der Waals surface area contributed by atoms with Crippen LogP contribution in [0.2, 0.25) is 0 Å². The van der Waals surface area contributed by atoms with Gasteiger partial charge in [-0.3, -0.25) is 4.79 Å². The average Bonchev–Trinajstić information content (AvgIpc) is 2.85. The maximum absolute atomic E-state index is 13.0. The lowest BCUT2D eigenvalue weighted by atomic mass is 9.84. The van der Waals surface area contributed by atoms with Crippen molar-refractivity contribution in [3.63, 3.8) is 0 Å². The molecule has 0 bridgehead atoms. The first-order valence-corrected chi connectivity index (χ1v) is 9.79. The predicted molar refractivity (Wildman–Crippen MR) is 105 cm³/mol. The maximum atomic E-state index is 13.0. The molecule has 2 aliphatic rings. The summed E-state index contributed by atoms with van der Waals surface area (Å²) >= 11 is 0. The van der Waals surface area contributed by atoms with Gasteiger partial charge in [-0.05, 0) is 48.1 Å². The molecule has 1 aliphatic carbocycles. The summed E-state index contributed by atoms with van der Waals surface area (Å²) in [7, 11) is 3.34. The van der Waals surface area contributed by atoms with Crippen molar-refractivity contribution in [2.24, 2.45) is 5.92 Å². The molecule has 1 amide bonds. The van der Waals surface area contributed by atoms with E-state index in [0.717, 1.165) is 43.9 Å². The number of methoxy groups -OCH3 is 2. The van der Waals surface area contributed by atoms with Crippen molar-refractivity contribution in [2.75, 3.05) is 27.3 Å². The van der Waals surface area contributed by atoms with Gasteiger partial charge in [0.1, 0.15) is 0 Å². The Labute approximate surface area is 161 Å². The van der Waals surface area contributed by atoms with Crippen molar-refractivity contribution in [3.8, 4) is 11.5 Å². The SMILES string of the molecule is COc1cc2c(cc1OC)C(c1ccccc1)CN(C(=O)C1CCC1)CC2. The van der Waals surface area contributed by atoms with Crippen LogP contribution in [0, 0.1) is 5.92 Å². The highest BCUT2D eigenvalue weighted by atomic mass is 16.5. The monoisotopic (exact) mass is 365 g/mol. The number of amides is 1. The van der Waals surface area contributed by atoms with E-state index in [1.54, 1.807) is 14.2 Å². The van der Waals surface area contributed by atoms with Gasteiger partial charge in [0.2, 0.25) is 5.91 Å². The number of benzene rings is 2. The molecule has 2 aromatic rings. The Morgan fingerprint density at radius 1 is 1.04 bits per heavy atom. The molecule has 1 unspecified atom stereocenters. The number of rotatable bonds is 4. The first-order valence-electron chi connectivity index (χ1n) is 9.79. The van der Waals surface area contributed by atoms with Crippen LogP contribution in [0.3, 0.4) is 0 Å². The van der Waals surface area contributed by atoms with Crippen LogP contribution in [0.1, 0.15) is 41.9 Å². The highest BCUT2D eigenvalue weighted by Crippen LogP contribution is 2.39. The topological polar surface area (TPSA) is 38.8 Å². The molecule has 142 valence electrons. The van der Waals surface area contributed by atoms with Crippen molar-refractivity contribution >= 4 is 5.91 Å². The van der Waals surface area contributed by atoms with Crippen molar-refractivity contribution in [3.05, 3.63) is 59.2 Å². The first-order chi connectivity index (χ1) is 13.2. The largest absolute Gasteiger partial charge is 0.493 e. The van der Waals surface area contributed by atoms with Crippen LogP contribution in [0.15, 0.2) is 42.5 Å². The lowest BCUT2D eigenvalue weighted by molar-refractivity contribution is -0.138. The Kier molecular flexibility index (Phi) is 5.06. The number of fused-ring (bicyclic) bond motifs is 1. The summed E-state index contributed by atoms with van der Waals surface area (Å²) in [5.41, 5.74) is 3.72. The third-order valence-corrected chi connectivity index (χ3v) is 6.04. The second-order valence-electron chi connectivity index (χ2n) is 7.53. The van der Waals surface area contributed by atoms with Crippen LogP contribution in [0.25, 0.3) is 0 Å². The van der Waals surface area contributed by atoms with Gasteiger partial charge < -0.3 is 14.4 Å². The second-order valence-corrected chi connectivity index (χ2v) is 7.53. The molecule has 4 heteroatoms. The van der Waals surface area contributed by atoms with Gasteiger partial charge in [-0.2, -0.15) is 0 Å². The Hall–Kier alpha value is -2.49. The van der Waals surface area contributed by atoms with Crippen LogP contribution in [-0.2, 0) is 11.2 Å². The summed E-state index contributed by atoms with van der Waals surface area (Å²) in [5, 5.41) is 0. The van der Waals surface area contributed by atoms with Gasteiger partial charge in [-0.15, -0.1) is 0 Å². The van der Waals surface area contributed by atoms with Gasteiger partial charge in [0.25, 0.3) is 0 Å². The maximum Gasteiger partial charge on any atom is 0.225 e. The molecule has 1 heterocycles. The van der Waals surface area contributed by atoms with E-state index in [-0.39, 0.29) is 11.8 Å². The fourth-order valence-electron chi connectivity index (χ4n) is 4.23. The molecule has 0 spiro atoms. The molecular weight excluding hydrogens is 338 g/mol. The van der Waals surface area contributed by atoms with Gasteiger partial charge >= 0.3 is 0 Å². The second kappa shape index (κ2) is 7.63. The molecule has 1 aliphatic heterocycles. The fraction of sp³-hybridized carbons (Fsp3) is 0.435. The van der Waals surface area contributed by atoms with Crippen LogP contribution in [-0.4, -0.2) is 38.1 Å². The normalized spacial score (nSPS) is 19.6. The minimum Gasteiger partial charge on any atom is -0.493 e. The highest BCUT2D eigenvalue weighted by molar-refractivity contribution is 5.80. The lowest BCUT2D eigenvalue weighted by Crippen LogP contribution is -2.41. The van der Waals surface area contributed by atoms with Gasteiger partial charge in [0.15, 0.2) is 11.5 Å². The summed E-state index contributed by atoms with van der Waals surface area (Å²) in [6.07, 6.45) is 4.11. The number of hydrogen-bond donors (Lipinski definition) is 0. The number of nitrogens with zero attached hydrogens (tertiary/aromatic N) is 1. The molecule has 0 radical (unpaired) electrons. The molecule has 0 saturated heterocycles. The Morgan fingerprint density at radius 2 is 1.74 bits per heavy atom. The molecule has 1 fully saturated rings. The highest BCUT2D eigenvalue weighted by Gasteiger charge is 2.33. The summed E-state index contributed by atoms with van der Waals surface area (Å²) in [6.45, 7) is 1.49. The van der Waals surface area contributed by atoms with Crippen LogP contribution in [0.5, 0.6) is 11.5 Å². The molecule has 0 N–H and O–H groups in total. The molecule has 1 atom stereocenters. The molecule has 1 saturated carbocycles. The lowest BCUT2D eigenvalue weighted by Gasteiger charge is -2.32. The number of carbonyl (C=O) groups is 1. The van der Waals surface area contributed by atoms with E-state index < -0.39 is 0 Å². The van der Waals surface area contributed by atoms with E-state index in [0.29, 0.717) is 5.91 Å². The Balaban J connectivity index is 1.75. The zero-order valence-corrected chi connectivity index (χ0v) is 16.1. The quantitative estimate of drug-likeness (QED) is 0.821. The van der Waals surface area contributed by atoms with Gasteiger partial charge in [0, 0.05) is 24.9 Å². The van der Waals surface area contributed by atoms with Gasteiger partial charge in [-0.25, -0.2) is 0 Å². The summed E-state index contributed by atoms with van der Waals surface area (Å²) in [5.74, 6) is 2.20. The minimum absolute atomic E-state index is 0.146. The number of ether oxygens (including phenoxy) is 2. The molecule has 4 nitrogen and oxygen atoms in total. The van der Waals surface area contributed by atoms with E-state index in [1.165, 1.54) is 23.1 Å². The van der Waals surface area contributed by atoms with Crippen molar-refractivity contribution in [2.45, 2.75) is 31.6 Å². The average molecular weight is 365 g/mol. The molecule has 0 aromatic heterocycles. The van der Waals surface area contributed by atoms with E-state index in [1.807, 2.05) is 6.07 Å². The Morgan fingerprint density at radius 3 is 2.37 bits per heavy atom. The molecule has 27 heavy (non-hydrogen) atoms. The van der Waals surface area contributed by atoms with Crippen LogP contribution >= 0.6 is 0 Å². The summed E-state index contributed by atoms with van der Waals surface area (Å²) < 4.78 is 11.1. The van der Waals surface area contributed by atoms with Crippen molar-refractivity contribution in [1.82, 2.24) is 4.90 Å². The summed E-state index contributed by atoms with van der Waals surface area (Å²) in [4.78, 5) is 15.1. The number of hydrogen-bond acceptors (Lipinski definition) is 3. The van der Waals surface area contributed by atoms with Gasteiger partial charge in [0.05, 0.1) is 14.2 Å². The predicted octanol–water partition coefficient (Wildman–Crippen LogP) is 4.02.